The Balaban J connectivity index is 1.67. The highest BCUT2D eigenvalue weighted by atomic mass is 19.1. The Bertz CT molecular complexity index is 1370. The van der Waals surface area contributed by atoms with E-state index in [1.54, 1.807) is 6.07 Å². The number of anilines is 1. The molecule has 9 nitrogen and oxygen atoms in total. The number of hydrogen-bond donors (Lipinski definition) is 0. The van der Waals surface area contributed by atoms with Gasteiger partial charge in [0.1, 0.15) is 17.6 Å². The summed E-state index contributed by atoms with van der Waals surface area (Å²) in [5.41, 5.74) is 1.07. The van der Waals surface area contributed by atoms with Crippen molar-refractivity contribution in [2.24, 2.45) is 0 Å². The smallest absolute Gasteiger partial charge is 0.308 e. The molecule has 0 aliphatic carbocycles. The second kappa shape index (κ2) is 11.1. The summed E-state index contributed by atoms with van der Waals surface area (Å²) in [4.78, 5) is 53.8. The molecule has 1 unspecified atom stereocenters. The van der Waals surface area contributed by atoms with Crippen LogP contribution in [0.25, 0.3) is 0 Å². The highest BCUT2D eigenvalue weighted by Crippen LogP contribution is 2.32. The van der Waals surface area contributed by atoms with E-state index in [9.17, 15) is 23.6 Å². The maximum Gasteiger partial charge on any atom is 0.308 e. The summed E-state index contributed by atoms with van der Waals surface area (Å²) in [7, 11) is 2.91. The Labute approximate surface area is 218 Å². The predicted octanol–water partition coefficient (Wildman–Crippen LogP) is 3.74. The van der Waals surface area contributed by atoms with Gasteiger partial charge in [-0.2, -0.15) is 0 Å². The van der Waals surface area contributed by atoms with Gasteiger partial charge in [0.05, 0.1) is 26.3 Å². The van der Waals surface area contributed by atoms with Crippen LogP contribution in [0.4, 0.5) is 10.1 Å². The van der Waals surface area contributed by atoms with E-state index in [0.29, 0.717) is 17.1 Å². The lowest BCUT2D eigenvalue weighted by molar-refractivity contribution is -0.132. The molecule has 0 N–H and O–H groups in total. The second-order valence-corrected chi connectivity index (χ2v) is 8.50. The molecule has 1 saturated heterocycles. The molecule has 0 saturated carbocycles. The minimum Gasteiger partial charge on any atom is -0.493 e. The third-order valence-electron chi connectivity index (χ3n) is 6.01. The molecule has 3 aromatic carbocycles. The third kappa shape index (κ3) is 5.49. The Morgan fingerprint density at radius 1 is 0.947 bits per heavy atom. The van der Waals surface area contributed by atoms with Gasteiger partial charge in [-0.15, -0.1) is 0 Å². The monoisotopic (exact) mass is 520 g/mol. The van der Waals surface area contributed by atoms with Crippen LogP contribution in [0.15, 0.2) is 66.7 Å². The van der Waals surface area contributed by atoms with Crippen molar-refractivity contribution < 1.29 is 37.8 Å². The molecule has 1 atom stereocenters. The molecule has 0 radical (unpaired) electrons. The number of esters is 1. The first-order chi connectivity index (χ1) is 18.2. The minimum absolute atomic E-state index is 0.0453. The summed E-state index contributed by atoms with van der Waals surface area (Å²) in [6, 6.07) is 14.9. The van der Waals surface area contributed by atoms with Crippen LogP contribution in [0.3, 0.4) is 0 Å². The lowest BCUT2D eigenvalue weighted by Gasteiger charge is -2.28. The molecular formula is C28H25FN2O7. The van der Waals surface area contributed by atoms with Crippen LogP contribution in [-0.4, -0.2) is 48.9 Å². The number of carbonyl (C=O) groups excluding carboxylic acids is 4. The fraction of sp³-hybridized carbons (Fsp3) is 0.214. The van der Waals surface area contributed by atoms with E-state index < -0.39 is 35.5 Å². The molecule has 3 amide bonds. The van der Waals surface area contributed by atoms with E-state index in [4.69, 9.17) is 14.2 Å². The quantitative estimate of drug-likeness (QED) is 0.253. The van der Waals surface area contributed by atoms with Crippen LogP contribution in [0.1, 0.15) is 29.3 Å². The van der Waals surface area contributed by atoms with Gasteiger partial charge >= 0.3 is 5.97 Å². The number of amides is 3. The van der Waals surface area contributed by atoms with Crippen molar-refractivity contribution in [3.05, 3.63) is 83.7 Å². The van der Waals surface area contributed by atoms with Gasteiger partial charge in [0.15, 0.2) is 11.5 Å². The minimum atomic E-state index is -1.11. The average Bonchev–Trinajstić information content (AvgIpc) is 3.20. The number of hydrogen-bond acceptors (Lipinski definition) is 7. The summed E-state index contributed by atoms with van der Waals surface area (Å²) in [5.74, 6) is -1.55. The average molecular weight is 521 g/mol. The van der Waals surface area contributed by atoms with Crippen molar-refractivity contribution in [2.45, 2.75) is 25.9 Å². The van der Waals surface area contributed by atoms with Crippen LogP contribution < -0.4 is 19.1 Å². The zero-order valence-corrected chi connectivity index (χ0v) is 21.0. The molecule has 0 aromatic heterocycles. The Kier molecular flexibility index (Phi) is 7.71. The van der Waals surface area contributed by atoms with Gasteiger partial charge < -0.3 is 19.1 Å². The molecule has 3 aromatic rings. The van der Waals surface area contributed by atoms with E-state index in [1.165, 1.54) is 86.7 Å². The largest absolute Gasteiger partial charge is 0.493 e. The summed E-state index contributed by atoms with van der Waals surface area (Å²) in [6.45, 7) is 1.22. The number of imide groups is 1. The second-order valence-electron chi connectivity index (χ2n) is 8.50. The number of ether oxygens (including phenoxy) is 3. The lowest BCUT2D eigenvalue weighted by atomic mass is 10.1. The van der Waals surface area contributed by atoms with Crippen LogP contribution in [-0.2, 0) is 20.9 Å². The molecule has 4 rings (SSSR count). The molecule has 38 heavy (non-hydrogen) atoms. The first-order valence-corrected chi connectivity index (χ1v) is 11.6. The maximum absolute atomic E-state index is 13.7. The van der Waals surface area contributed by atoms with E-state index in [1.807, 2.05) is 0 Å². The number of halogens is 1. The van der Waals surface area contributed by atoms with Gasteiger partial charge in [0, 0.05) is 19.0 Å². The van der Waals surface area contributed by atoms with Gasteiger partial charge in [-0.25, -0.2) is 9.29 Å². The van der Waals surface area contributed by atoms with Crippen molar-refractivity contribution >= 4 is 29.4 Å². The zero-order chi connectivity index (χ0) is 27.4. The topological polar surface area (TPSA) is 102 Å². The van der Waals surface area contributed by atoms with E-state index in [0.717, 1.165) is 4.90 Å². The van der Waals surface area contributed by atoms with Gasteiger partial charge in [0.25, 0.3) is 11.8 Å². The third-order valence-corrected chi connectivity index (χ3v) is 6.01. The SMILES string of the molecule is COc1ccc(C(=O)N(Cc2ccc(F)cc2)C2CC(=O)N(c3ccc(OC(C)=O)cc3)C2=O)cc1OC. The standard InChI is InChI=1S/C28H25FN2O7/c1-17(32)38-22-11-9-21(10-12-22)31-26(33)15-23(28(31)35)30(16-18-4-7-20(29)8-5-18)27(34)19-6-13-24(36-2)25(14-19)37-3/h4-14,23H,15-16H2,1-3H3. The number of carbonyl (C=O) groups is 4. The number of methoxy groups -OCH3 is 2. The van der Waals surface area contributed by atoms with Crippen molar-refractivity contribution in [2.75, 3.05) is 19.1 Å². The highest BCUT2D eigenvalue weighted by Gasteiger charge is 2.44. The van der Waals surface area contributed by atoms with Crippen LogP contribution >= 0.6 is 0 Å². The predicted molar refractivity (Wildman–Crippen MR) is 134 cm³/mol. The highest BCUT2D eigenvalue weighted by molar-refractivity contribution is 6.23. The molecule has 0 bridgehead atoms. The van der Waals surface area contributed by atoms with Crippen molar-refractivity contribution in [3.63, 3.8) is 0 Å². The van der Waals surface area contributed by atoms with Crippen LogP contribution in [0, 0.1) is 5.82 Å². The van der Waals surface area contributed by atoms with Crippen molar-refractivity contribution in [3.8, 4) is 17.2 Å². The summed E-state index contributed by atoms with van der Waals surface area (Å²) in [6.07, 6.45) is -0.245. The van der Waals surface area contributed by atoms with Gasteiger partial charge in [-0.3, -0.25) is 19.2 Å². The van der Waals surface area contributed by atoms with E-state index >= 15 is 0 Å². The van der Waals surface area contributed by atoms with Crippen LogP contribution in [0.2, 0.25) is 0 Å². The molecule has 1 fully saturated rings. The molecule has 1 heterocycles. The van der Waals surface area contributed by atoms with Crippen molar-refractivity contribution in [1.29, 1.82) is 0 Å². The first-order valence-electron chi connectivity index (χ1n) is 11.6. The summed E-state index contributed by atoms with van der Waals surface area (Å²) >= 11 is 0. The molecule has 0 spiro atoms. The van der Waals surface area contributed by atoms with Gasteiger partial charge in [-0.05, 0) is 60.2 Å². The van der Waals surface area contributed by atoms with Crippen molar-refractivity contribution in [1.82, 2.24) is 4.90 Å². The fourth-order valence-electron chi connectivity index (χ4n) is 4.21. The van der Waals surface area contributed by atoms with Gasteiger partial charge in [0.2, 0.25) is 5.91 Å². The number of rotatable bonds is 8. The maximum atomic E-state index is 13.7. The molecule has 1 aliphatic heterocycles. The molecule has 10 heteroatoms. The Hall–Kier alpha value is -4.73. The normalized spacial score (nSPS) is 14.8. The van der Waals surface area contributed by atoms with Crippen LogP contribution in [0.5, 0.6) is 17.2 Å². The fourth-order valence-corrected chi connectivity index (χ4v) is 4.21. The number of nitrogens with zero attached hydrogens (tertiary/aromatic N) is 2. The Morgan fingerprint density at radius 2 is 1.61 bits per heavy atom. The lowest BCUT2D eigenvalue weighted by Crippen LogP contribution is -2.45. The van der Waals surface area contributed by atoms with E-state index in [2.05, 4.69) is 0 Å². The summed E-state index contributed by atoms with van der Waals surface area (Å²) in [5, 5.41) is 0. The van der Waals surface area contributed by atoms with Gasteiger partial charge in [-0.1, -0.05) is 12.1 Å². The molecule has 1 aliphatic rings. The Morgan fingerprint density at radius 3 is 2.21 bits per heavy atom. The molecule has 196 valence electrons. The zero-order valence-electron chi connectivity index (χ0n) is 21.0. The summed E-state index contributed by atoms with van der Waals surface area (Å²) < 4.78 is 29.1. The van der Waals surface area contributed by atoms with E-state index in [-0.39, 0.29) is 30.0 Å². The molecular weight excluding hydrogens is 495 g/mol. The number of benzene rings is 3. The first kappa shape index (κ1) is 26.3.